The van der Waals surface area contributed by atoms with Crippen molar-refractivity contribution in [2.75, 3.05) is 19.5 Å². The van der Waals surface area contributed by atoms with Crippen LogP contribution in [0.1, 0.15) is 43.1 Å². The molecule has 1 fully saturated rings. The first-order valence-electron chi connectivity index (χ1n) is 5.99. The number of nitrogens with one attached hydrogen (secondary N) is 1. The van der Waals surface area contributed by atoms with Gasteiger partial charge in [-0.15, -0.1) is 0 Å². The molecule has 1 aromatic heterocycles. The number of methoxy groups -OCH3 is 1. The first-order chi connectivity index (χ1) is 8.26. The van der Waals surface area contributed by atoms with E-state index >= 15 is 0 Å². The van der Waals surface area contributed by atoms with E-state index in [0.717, 1.165) is 20.9 Å². The molecular formula is C12H18IN3O. The van der Waals surface area contributed by atoms with Crippen LogP contribution in [0.3, 0.4) is 0 Å². The maximum atomic E-state index is 5.20. The van der Waals surface area contributed by atoms with Gasteiger partial charge in [-0.2, -0.15) is 0 Å². The molecule has 0 bridgehead atoms. The minimum Gasteiger partial charge on any atom is -0.378 e. The Hall–Kier alpha value is -0.430. The zero-order chi connectivity index (χ0) is 12.3. The average Bonchev–Trinajstić information content (AvgIpc) is 2.85. The van der Waals surface area contributed by atoms with Crippen LogP contribution < -0.4 is 5.32 Å². The molecule has 2 rings (SSSR count). The number of halogens is 1. The van der Waals surface area contributed by atoms with Crippen LogP contribution in [0.2, 0.25) is 0 Å². The van der Waals surface area contributed by atoms with Crippen molar-refractivity contribution in [2.45, 2.75) is 38.2 Å². The van der Waals surface area contributed by atoms with Gasteiger partial charge in [0.2, 0.25) is 0 Å². The lowest BCUT2D eigenvalue weighted by Crippen LogP contribution is -2.10. The van der Waals surface area contributed by atoms with Crippen molar-refractivity contribution in [3.8, 4) is 0 Å². The minimum absolute atomic E-state index is 0.537. The van der Waals surface area contributed by atoms with Gasteiger partial charge in [0.25, 0.3) is 0 Å². The topological polar surface area (TPSA) is 47.0 Å². The van der Waals surface area contributed by atoms with Gasteiger partial charge in [0, 0.05) is 20.1 Å². The summed E-state index contributed by atoms with van der Waals surface area (Å²) in [6, 6.07) is 0. The van der Waals surface area contributed by atoms with Crippen LogP contribution in [0.4, 0.5) is 5.82 Å². The third-order valence-electron chi connectivity index (χ3n) is 3.18. The highest BCUT2D eigenvalue weighted by Crippen LogP contribution is 2.33. The highest BCUT2D eigenvalue weighted by Gasteiger charge is 2.22. The standard InChI is InChI=1S/C12H18IN3O/c1-14-12-10(13)9(7-17-2)15-11(16-12)8-5-3-4-6-8/h8H,3-7H2,1-2H3,(H,14,15,16). The largest absolute Gasteiger partial charge is 0.378 e. The number of hydrogen-bond donors (Lipinski definition) is 1. The maximum absolute atomic E-state index is 5.20. The second-order valence-corrected chi connectivity index (χ2v) is 5.43. The van der Waals surface area contributed by atoms with Crippen molar-refractivity contribution < 1.29 is 4.74 Å². The Balaban J connectivity index is 2.35. The summed E-state index contributed by atoms with van der Waals surface area (Å²) < 4.78 is 6.27. The Kier molecular flexibility index (Phi) is 4.55. The Morgan fingerprint density at radius 1 is 1.35 bits per heavy atom. The smallest absolute Gasteiger partial charge is 0.143 e. The van der Waals surface area contributed by atoms with Crippen molar-refractivity contribution in [3.63, 3.8) is 0 Å². The summed E-state index contributed by atoms with van der Waals surface area (Å²) in [4.78, 5) is 9.30. The van der Waals surface area contributed by atoms with Gasteiger partial charge in [-0.05, 0) is 35.4 Å². The van der Waals surface area contributed by atoms with Crippen molar-refractivity contribution >= 4 is 28.4 Å². The Labute approximate surface area is 116 Å². The molecule has 0 aromatic carbocycles. The molecule has 17 heavy (non-hydrogen) atoms. The number of anilines is 1. The van der Waals surface area contributed by atoms with E-state index in [0.29, 0.717) is 12.5 Å². The normalized spacial score (nSPS) is 16.4. The van der Waals surface area contributed by atoms with E-state index in [4.69, 9.17) is 4.74 Å². The summed E-state index contributed by atoms with van der Waals surface area (Å²) in [5, 5.41) is 3.14. The first-order valence-corrected chi connectivity index (χ1v) is 7.07. The molecule has 94 valence electrons. The molecule has 0 aliphatic heterocycles. The molecule has 1 N–H and O–H groups in total. The third kappa shape index (κ3) is 2.88. The molecule has 1 saturated carbocycles. The zero-order valence-electron chi connectivity index (χ0n) is 10.3. The zero-order valence-corrected chi connectivity index (χ0v) is 12.5. The van der Waals surface area contributed by atoms with Crippen LogP contribution in [0.5, 0.6) is 0 Å². The number of ether oxygens (including phenoxy) is 1. The van der Waals surface area contributed by atoms with E-state index in [9.17, 15) is 0 Å². The number of hydrogen-bond acceptors (Lipinski definition) is 4. The number of rotatable bonds is 4. The van der Waals surface area contributed by atoms with Gasteiger partial charge in [-0.1, -0.05) is 12.8 Å². The lowest BCUT2D eigenvalue weighted by atomic mass is 10.1. The summed E-state index contributed by atoms with van der Waals surface area (Å²) >= 11 is 2.28. The van der Waals surface area contributed by atoms with Crippen molar-refractivity contribution in [2.24, 2.45) is 0 Å². The van der Waals surface area contributed by atoms with Crippen LogP contribution in [0.25, 0.3) is 0 Å². The van der Waals surface area contributed by atoms with Gasteiger partial charge < -0.3 is 10.1 Å². The number of aromatic nitrogens is 2. The van der Waals surface area contributed by atoms with Gasteiger partial charge in [0.05, 0.1) is 15.9 Å². The molecule has 4 nitrogen and oxygen atoms in total. The van der Waals surface area contributed by atoms with Crippen molar-refractivity contribution in [1.82, 2.24) is 9.97 Å². The molecule has 0 amide bonds. The second-order valence-electron chi connectivity index (χ2n) is 4.36. The monoisotopic (exact) mass is 347 g/mol. The summed E-state index contributed by atoms with van der Waals surface area (Å²) in [5.41, 5.74) is 0.995. The SMILES string of the molecule is CNc1nc(C2CCCC2)nc(COC)c1I. The van der Waals surface area contributed by atoms with Crippen LogP contribution in [-0.2, 0) is 11.3 Å². The predicted molar refractivity (Wildman–Crippen MR) is 76.2 cm³/mol. The molecule has 0 spiro atoms. The summed E-state index contributed by atoms with van der Waals surface area (Å²) in [6.45, 7) is 0.551. The molecule has 0 unspecified atom stereocenters. The van der Waals surface area contributed by atoms with E-state index in [1.54, 1.807) is 7.11 Å². The average molecular weight is 347 g/mol. The Morgan fingerprint density at radius 3 is 2.65 bits per heavy atom. The first kappa shape index (κ1) is 13.0. The van der Waals surface area contributed by atoms with Crippen LogP contribution in [0.15, 0.2) is 0 Å². The van der Waals surface area contributed by atoms with E-state index in [2.05, 4.69) is 37.9 Å². The molecule has 1 heterocycles. The predicted octanol–water partition coefficient (Wildman–Crippen LogP) is 2.93. The fourth-order valence-corrected chi connectivity index (χ4v) is 2.94. The van der Waals surface area contributed by atoms with E-state index in [-0.39, 0.29) is 0 Å². The third-order valence-corrected chi connectivity index (χ3v) is 4.31. The van der Waals surface area contributed by atoms with Gasteiger partial charge in [0.1, 0.15) is 11.6 Å². The summed E-state index contributed by atoms with van der Waals surface area (Å²) in [7, 11) is 3.60. The molecule has 0 radical (unpaired) electrons. The fraction of sp³-hybridized carbons (Fsp3) is 0.667. The van der Waals surface area contributed by atoms with Crippen LogP contribution in [0, 0.1) is 3.57 Å². The highest BCUT2D eigenvalue weighted by molar-refractivity contribution is 14.1. The molecule has 1 aliphatic carbocycles. The van der Waals surface area contributed by atoms with Gasteiger partial charge in [0.15, 0.2) is 0 Å². The van der Waals surface area contributed by atoms with Gasteiger partial charge >= 0.3 is 0 Å². The fourth-order valence-electron chi connectivity index (χ4n) is 2.28. The quantitative estimate of drug-likeness (QED) is 0.851. The summed E-state index contributed by atoms with van der Waals surface area (Å²) in [6.07, 6.45) is 5.04. The molecule has 1 aliphatic rings. The molecule has 0 saturated heterocycles. The minimum atomic E-state index is 0.537. The van der Waals surface area contributed by atoms with Crippen molar-refractivity contribution in [3.05, 3.63) is 15.1 Å². The lowest BCUT2D eigenvalue weighted by molar-refractivity contribution is 0.180. The van der Waals surface area contributed by atoms with Gasteiger partial charge in [-0.25, -0.2) is 9.97 Å². The molecule has 0 atom stereocenters. The number of nitrogens with zero attached hydrogens (tertiary/aromatic N) is 2. The van der Waals surface area contributed by atoms with Crippen molar-refractivity contribution in [1.29, 1.82) is 0 Å². The Bertz CT molecular complexity index is 392. The van der Waals surface area contributed by atoms with E-state index < -0.39 is 0 Å². The van der Waals surface area contributed by atoms with E-state index in [1.807, 2.05) is 7.05 Å². The molecule has 1 aromatic rings. The summed E-state index contributed by atoms with van der Waals surface area (Å²) in [5.74, 6) is 2.45. The second kappa shape index (κ2) is 5.95. The molecule has 5 heteroatoms. The van der Waals surface area contributed by atoms with Crippen LogP contribution in [-0.4, -0.2) is 24.1 Å². The highest BCUT2D eigenvalue weighted by atomic mass is 127. The van der Waals surface area contributed by atoms with Gasteiger partial charge in [-0.3, -0.25) is 0 Å². The Morgan fingerprint density at radius 2 is 2.06 bits per heavy atom. The molecular weight excluding hydrogens is 329 g/mol. The maximum Gasteiger partial charge on any atom is 0.143 e. The van der Waals surface area contributed by atoms with Crippen LogP contribution >= 0.6 is 22.6 Å². The lowest BCUT2D eigenvalue weighted by Gasteiger charge is -2.14. The van der Waals surface area contributed by atoms with E-state index in [1.165, 1.54) is 25.7 Å².